The molecule has 0 bridgehead atoms. The Balaban J connectivity index is 1.75. The van der Waals surface area contributed by atoms with Crippen molar-refractivity contribution in [3.8, 4) is 0 Å². The number of nitrogens with one attached hydrogen (secondary N) is 1. The summed E-state index contributed by atoms with van der Waals surface area (Å²) < 4.78 is 4.29. The van der Waals surface area contributed by atoms with Crippen LogP contribution in [0.25, 0.3) is 0 Å². The van der Waals surface area contributed by atoms with Crippen molar-refractivity contribution in [1.82, 2.24) is 4.37 Å². The summed E-state index contributed by atoms with van der Waals surface area (Å²) in [5, 5.41) is 4.68. The number of hydrogen-bond donors (Lipinski definition) is 2. The standard InChI is InChI=1S/C15H19N3S/c1-2-10-5-3-4-6-12(10)9-17-15-13(11-7-8-11)14(16)18-19-15/h3-6,11,17H,2,7-9H2,1H3,(H2,16,18). The minimum absolute atomic E-state index is 0.641. The highest BCUT2D eigenvalue weighted by molar-refractivity contribution is 7.10. The topological polar surface area (TPSA) is 50.9 Å². The number of anilines is 2. The largest absolute Gasteiger partial charge is 0.383 e. The van der Waals surface area contributed by atoms with Crippen molar-refractivity contribution in [2.24, 2.45) is 0 Å². The van der Waals surface area contributed by atoms with Gasteiger partial charge in [-0.15, -0.1) is 0 Å². The molecule has 1 aromatic heterocycles. The predicted octanol–water partition coefficient (Wildman–Crippen LogP) is 3.78. The van der Waals surface area contributed by atoms with Gasteiger partial charge in [-0.05, 0) is 47.8 Å². The Morgan fingerprint density at radius 2 is 2.05 bits per heavy atom. The van der Waals surface area contributed by atoms with E-state index in [1.165, 1.54) is 41.1 Å². The second kappa shape index (κ2) is 5.21. The van der Waals surface area contributed by atoms with Gasteiger partial charge in [0.1, 0.15) is 10.8 Å². The molecule has 4 heteroatoms. The molecule has 0 unspecified atom stereocenters. The SMILES string of the molecule is CCc1ccccc1CNc1snc(N)c1C1CC1. The third-order valence-corrected chi connectivity index (χ3v) is 4.51. The van der Waals surface area contributed by atoms with Crippen molar-refractivity contribution in [3.63, 3.8) is 0 Å². The molecule has 19 heavy (non-hydrogen) atoms. The molecule has 3 rings (SSSR count). The lowest BCUT2D eigenvalue weighted by molar-refractivity contribution is 1.04. The van der Waals surface area contributed by atoms with Gasteiger partial charge in [0, 0.05) is 12.1 Å². The van der Waals surface area contributed by atoms with Crippen LogP contribution in [0.1, 0.15) is 42.4 Å². The van der Waals surface area contributed by atoms with Crippen molar-refractivity contribution in [1.29, 1.82) is 0 Å². The van der Waals surface area contributed by atoms with Crippen LogP contribution in [0, 0.1) is 0 Å². The zero-order chi connectivity index (χ0) is 13.2. The number of nitrogens with zero attached hydrogens (tertiary/aromatic N) is 1. The molecule has 1 aliphatic carbocycles. The van der Waals surface area contributed by atoms with Gasteiger partial charge in [-0.2, -0.15) is 4.37 Å². The fourth-order valence-corrected chi connectivity index (χ4v) is 3.25. The average molecular weight is 273 g/mol. The molecule has 0 saturated heterocycles. The first-order chi connectivity index (χ1) is 9.29. The summed E-state index contributed by atoms with van der Waals surface area (Å²) in [6.45, 7) is 3.05. The maximum Gasteiger partial charge on any atom is 0.142 e. The normalized spacial score (nSPS) is 14.6. The Morgan fingerprint density at radius 3 is 2.74 bits per heavy atom. The third-order valence-electron chi connectivity index (χ3n) is 3.68. The summed E-state index contributed by atoms with van der Waals surface area (Å²) in [6, 6.07) is 8.58. The van der Waals surface area contributed by atoms with Gasteiger partial charge in [0.15, 0.2) is 0 Å². The number of nitrogens with two attached hydrogens (primary N) is 1. The van der Waals surface area contributed by atoms with Crippen LogP contribution in [0.2, 0.25) is 0 Å². The zero-order valence-corrected chi connectivity index (χ0v) is 12.0. The van der Waals surface area contributed by atoms with Gasteiger partial charge in [0.2, 0.25) is 0 Å². The Hall–Kier alpha value is -1.55. The molecule has 3 nitrogen and oxygen atoms in total. The minimum atomic E-state index is 0.641. The van der Waals surface area contributed by atoms with Crippen LogP contribution in [0.4, 0.5) is 10.8 Å². The van der Waals surface area contributed by atoms with Gasteiger partial charge in [-0.3, -0.25) is 0 Å². The lowest BCUT2D eigenvalue weighted by atomic mass is 10.1. The second-order valence-corrected chi connectivity index (χ2v) is 5.83. The quantitative estimate of drug-likeness (QED) is 0.871. The fraction of sp³-hybridized carbons (Fsp3) is 0.400. The minimum Gasteiger partial charge on any atom is -0.383 e. The van der Waals surface area contributed by atoms with E-state index >= 15 is 0 Å². The van der Waals surface area contributed by atoms with Crippen LogP contribution in [0.5, 0.6) is 0 Å². The average Bonchev–Trinajstić information content (AvgIpc) is 3.20. The summed E-state index contributed by atoms with van der Waals surface area (Å²) >= 11 is 1.49. The van der Waals surface area contributed by atoms with Crippen LogP contribution >= 0.6 is 11.5 Å². The van der Waals surface area contributed by atoms with Crippen molar-refractivity contribution in [3.05, 3.63) is 41.0 Å². The van der Waals surface area contributed by atoms with E-state index in [9.17, 15) is 0 Å². The Morgan fingerprint density at radius 1 is 1.32 bits per heavy atom. The van der Waals surface area contributed by atoms with E-state index in [-0.39, 0.29) is 0 Å². The highest BCUT2D eigenvalue weighted by Gasteiger charge is 2.30. The van der Waals surface area contributed by atoms with Crippen LogP contribution in [-0.2, 0) is 13.0 Å². The fourth-order valence-electron chi connectivity index (χ4n) is 2.45. The molecule has 1 aromatic carbocycles. The van der Waals surface area contributed by atoms with Gasteiger partial charge < -0.3 is 11.1 Å². The second-order valence-electron chi connectivity index (χ2n) is 5.06. The molecule has 0 spiro atoms. The number of aryl methyl sites for hydroxylation is 1. The molecule has 0 atom stereocenters. The Kier molecular flexibility index (Phi) is 3.42. The number of hydrogen-bond acceptors (Lipinski definition) is 4. The molecule has 1 fully saturated rings. The summed E-state index contributed by atoms with van der Waals surface area (Å²) in [4.78, 5) is 0. The van der Waals surface area contributed by atoms with E-state index in [1.54, 1.807) is 0 Å². The summed E-state index contributed by atoms with van der Waals surface area (Å²) in [7, 11) is 0. The van der Waals surface area contributed by atoms with E-state index < -0.39 is 0 Å². The maximum atomic E-state index is 5.97. The lowest BCUT2D eigenvalue weighted by Crippen LogP contribution is -2.03. The Labute approximate surface area is 118 Å². The molecule has 1 heterocycles. The van der Waals surface area contributed by atoms with E-state index in [0.717, 1.165) is 23.8 Å². The smallest absolute Gasteiger partial charge is 0.142 e. The van der Waals surface area contributed by atoms with Gasteiger partial charge in [0.25, 0.3) is 0 Å². The number of nitrogen functional groups attached to an aromatic ring is 1. The maximum absolute atomic E-state index is 5.97. The zero-order valence-electron chi connectivity index (χ0n) is 11.1. The molecule has 1 saturated carbocycles. The predicted molar refractivity (Wildman–Crippen MR) is 81.6 cm³/mol. The van der Waals surface area contributed by atoms with Crippen LogP contribution in [-0.4, -0.2) is 4.37 Å². The van der Waals surface area contributed by atoms with Gasteiger partial charge in [0.05, 0.1) is 0 Å². The number of rotatable bonds is 5. The van der Waals surface area contributed by atoms with E-state index in [4.69, 9.17) is 5.73 Å². The van der Waals surface area contributed by atoms with Crippen molar-refractivity contribution in [2.45, 2.75) is 38.6 Å². The van der Waals surface area contributed by atoms with E-state index in [2.05, 4.69) is 40.9 Å². The van der Waals surface area contributed by atoms with Crippen LogP contribution < -0.4 is 11.1 Å². The Bertz CT molecular complexity index is 573. The molecule has 3 N–H and O–H groups in total. The van der Waals surface area contributed by atoms with Crippen molar-refractivity contribution < 1.29 is 0 Å². The molecule has 0 radical (unpaired) electrons. The van der Waals surface area contributed by atoms with Crippen LogP contribution in [0.15, 0.2) is 24.3 Å². The summed E-state index contributed by atoms with van der Waals surface area (Å²) in [5.41, 5.74) is 9.98. The van der Waals surface area contributed by atoms with Gasteiger partial charge in [-0.1, -0.05) is 31.2 Å². The number of aromatic nitrogens is 1. The number of benzene rings is 1. The molecular formula is C15H19N3S. The first-order valence-electron chi connectivity index (χ1n) is 6.85. The van der Waals surface area contributed by atoms with Crippen LogP contribution in [0.3, 0.4) is 0 Å². The van der Waals surface area contributed by atoms with E-state index in [1.807, 2.05) is 0 Å². The highest BCUT2D eigenvalue weighted by Crippen LogP contribution is 2.47. The first-order valence-corrected chi connectivity index (χ1v) is 7.62. The third kappa shape index (κ3) is 2.59. The van der Waals surface area contributed by atoms with Crippen molar-refractivity contribution >= 4 is 22.4 Å². The molecule has 100 valence electrons. The molecule has 1 aliphatic rings. The molecule has 2 aromatic rings. The van der Waals surface area contributed by atoms with Gasteiger partial charge in [-0.25, -0.2) is 0 Å². The summed E-state index contributed by atoms with van der Waals surface area (Å²) in [6.07, 6.45) is 3.57. The first kappa shape index (κ1) is 12.5. The van der Waals surface area contributed by atoms with Gasteiger partial charge >= 0.3 is 0 Å². The monoisotopic (exact) mass is 273 g/mol. The molecular weight excluding hydrogens is 254 g/mol. The van der Waals surface area contributed by atoms with Crippen molar-refractivity contribution in [2.75, 3.05) is 11.1 Å². The molecule has 0 aliphatic heterocycles. The van der Waals surface area contributed by atoms with E-state index in [0.29, 0.717) is 5.92 Å². The highest BCUT2D eigenvalue weighted by atomic mass is 32.1. The lowest BCUT2D eigenvalue weighted by Gasteiger charge is -2.10. The summed E-state index contributed by atoms with van der Waals surface area (Å²) in [5.74, 6) is 1.36. The molecule has 0 amide bonds.